The number of aryl methyl sites for hydroxylation is 1. The molecule has 23 heavy (non-hydrogen) atoms. The first kappa shape index (κ1) is 16.8. The molecule has 0 saturated carbocycles. The molecule has 0 radical (unpaired) electrons. The molecule has 0 unspecified atom stereocenters. The second-order valence-corrected chi connectivity index (χ2v) is 8.27. The molecule has 0 aromatic heterocycles. The Bertz CT molecular complexity index is 658. The average molecular weight is 343 g/mol. The minimum atomic E-state index is -3.78. The van der Waals surface area contributed by atoms with Crippen molar-refractivity contribution < 1.29 is 22.7 Å². The summed E-state index contributed by atoms with van der Waals surface area (Å²) < 4.78 is 46.3. The smallest absolute Gasteiger partial charge is 0.243 e. The summed E-state index contributed by atoms with van der Waals surface area (Å²) in [5, 5.41) is 10.2. The van der Waals surface area contributed by atoms with Crippen molar-refractivity contribution in [1.82, 2.24) is 4.31 Å². The van der Waals surface area contributed by atoms with E-state index in [9.17, 15) is 17.9 Å². The topological polar surface area (TPSA) is 66.8 Å². The molecule has 0 bridgehead atoms. The minimum absolute atomic E-state index is 0.0203. The SMILES string of the molecule is Cc1cc(F)cc(S(=O)(=O)N2CCC[C@@H]2[C@@H]2COCC[C@H]2O)c1. The van der Waals surface area contributed by atoms with E-state index in [1.54, 1.807) is 6.92 Å². The van der Waals surface area contributed by atoms with Crippen LogP contribution in [0.5, 0.6) is 0 Å². The number of nitrogens with zero attached hydrogens (tertiary/aromatic N) is 1. The molecule has 128 valence electrons. The molecule has 2 fully saturated rings. The summed E-state index contributed by atoms with van der Waals surface area (Å²) in [6.45, 7) is 2.92. The van der Waals surface area contributed by atoms with Crippen molar-refractivity contribution in [3.05, 3.63) is 29.6 Å². The lowest BCUT2D eigenvalue weighted by molar-refractivity contribution is -0.0543. The first-order valence-corrected chi connectivity index (χ1v) is 9.38. The monoisotopic (exact) mass is 343 g/mol. The van der Waals surface area contributed by atoms with Crippen molar-refractivity contribution in [2.45, 2.75) is 43.2 Å². The molecule has 2 saturated heterocycles. The Labute approximate surface area is 136 Å². The van der Waals surface area contributed by atoms with Crippen LogP contribution in [0.2, 0.25) is 0 Å². The Morgan fingerprint density at radius 1 is 1.30 bits per heavy atom. The zero-order chi connectivity index (χ0) is 16.6. The maximum absolute atomic E-state index is 13.6. The van der Waals surface area contributed by atoms with Gasteiger partial charge >= 0.3 is 0 Å². The minimum Gasteiger partial charge on any atom is -0.393 e. The van der Waals surface area contributed by atoms with Crippen LogP contribution in [0.25, 0.3) is 0 Å². The molecule has 0 spiro atoms. The fourth-order valence-electron chi connectivity index (χ4n) is 3.60. The van der Waals surface area contributed by atoms with Crippen molar-refractivity contribution in [2.75, 3.05) is 19.8 Å². The predicted molar refractivity (Wildman–Crippen MR) is 83.0 cm³/mol. The third kappa shape index (κ3) is 3.28. The van der Waals surface area contributed by atoms with Crippen molar-refractivity contribution >= 4 is 10.0 Å². The molecule has 2 aliphatic heterocycles. The molecule has 0 aliphatic carbocycles. The summed E-state index contributed by atoms with van der Waals surface area (Å²) in [4.78, 5) is -0.0203. The van der Waals surface area contributed by atoms with Gasteiger partial charge < -0.3 is 9.84 Å². The van der Waals surface area contributed by atoms with E-state index in [4.69, 9.17) is 4.74 Å². The fraction of sp³-hybridized carbons (Fsp3) is 0.625. The van der Waals surface area contributed by atoms with E-state index in [1.807, 2.05) is 0 Å². The van der Waals surface area contributed by atoms with Crippen LogP contribution < -0.4 is 0 Å². The Balaban J connectivity index is 1.91. The first-order valence-electron chi connectivity index (χ1n) is 7.94. The van der Waals surface area contributed by atoms with Crippen LogP contribution >= 0.6 is 0 Å². The molecule has 2 heterocycles. The van der Waals surface area contributed by atoms with Crippen molar-refractivity contribution in [3.8, 4) is 0 Å². The first-order chi connectivity index (χ1) is 10.9. The van der Waals surface area contributed by atoms with Gasteiger partial charge in [-0.15, -0.1) is 0 Å². The molecule has 1 aromatic carbocycles. The third-order valence-corrected chi connectivity index (χ3v) is 6.63. The maximum Gasteiger partial charge on any atom is 0.243 e. The number of rotatable bonds is 3. The molecule has 7 heteroatoms. The normalized spacial score (nSPS) is 29.8. The van der Waals surface area contributed by atoms with Gasteiger partial charge in [-0.2, -0.15) is 4.31 Å². The van der Waals surface area contributed by atoms with Crippen molar-refractivity contribution in [3.63, 3.8) is 0 Å². The van der Waals surface area contributed by atoms with E-state index in [-0.39, 0.29) is 16.9 Å². The number of hydrogen-bond donors (Lipinski definition) is 1. The standard InChI is InChI=1S/C16H22FNO4S/c1-11-7-12(17)9-13(8-11)23(20,21)18-5-2-3-15(18)14-10-22-6-4-16(14)19/h7-9,14-16,19H,2-6,10H2,1H3/t14-,15+,16+/m0/s1. The van der Waals surface area contributed by atoms with E-state index in [0.717, 1.165) is 12.5 Å². The van der Waals surface area contributed by atoms with Crippen LogP contribution in [0.4, 0.5) is 4.39 Å². The van der Waals surface area contributed by atoms with E-state index in [1.165, 1.54) is 16.4 Å². The van der Waals surface area contributed by atoms with E-state index in [0.29, 0.717) is 38.2 Å². The van der Waals surface area contributed by atoms with Gasteiger partial charge in [-0.1, -0.05) is 0 Å². The van der Waals surface area contributed by atoms with Gasteiger partial charge in [-0.25, -0.2) is 12.8 Å². The maximum atomic E-state index is 13.6. The molecular formula is C16H22FNO4S. The van der Waals surface area contributed by atoms with Crippen LogP contribution in [-0.2, 0) is 14.8 Å². The highest BCUT2D eigenvalue weighted by atomic mass is 32.2. The van der Waals surface area contributed by atoms with Gasteiger partial charge in [0.1, 0.15) is 5.82 Å². The molecule has 1 aromatic rings. The fourth-order valence-corrected chi connectivity index (χ4v) is 5.45. The Morgan fingerprint density at radius 3 is 2.78 bits per heavy atom. The van der Waals surface area contributed by atoms with Crippen LogP contribution in [0.3, 0.4) is 0 Å². The summed E-state index contributed by atoms with van der Waals surface area (Å²) >= 11 is 0. The lowest BCUT2D eigenvalue weighted by Crippen LogP contribution is -2.48. The van der Waals surface area contributed by atoms with Crippen molar-refractivity contribution in [2.24, 2.45) is 5.92 Å². The largest absolute Gasteiger partial charge is 0.393 e. The quantitative estimate of drug-likeness (QED) is 0.907. The number of halogens is 1. The van der Waals surface area contributed by atoms with Gasteiger partial charge in [0.05, 0.1) is 17.6 Å². The molecule has 3 rings (SSSR count). The third-order valence-electron chi connectivity index (χ3n) is 4.73. The molecule has 0 amide bonds. The Hall–Kier alpha value is -1.02. The number of ether oxygens (including phenoxy) is 1. The molecule has 5 nitrogen and oxygen atoms in total. The van der Waals surface area contributed by atoms with Gasteiger partial charge in [-0.05, 0) is 49.9 Å². The van der Waals surface area contributed by atoms with Gasteiger partial charge in [0, 0.05) is 25.1 Å². The highest BCUT2D eigenvalue weighted by Crippen LogP contribution is 2.34. The summed E-state index contributed by atoms with van der Waals surface area (Å²) in [7, 11) is -3.78. The molecule has 1 N–H and O–H groups in total. The number of benzene rings is 1. The average Bonchev–Trinajstić information content (AvgIpc) is 2.96. The number of sulfonamides is 1. The number of hydrogen-bond acceptors (Lipinski definition) is 4. The zero-order valence-corrected chi connectivity index (χ0v) is 13.9. The van der Waals surface area contributed by atoms with Gasteiger partial charge in [0.15, 0.2) is 0 Å². The van der Waals surface area contributed by atoms with Crippen LogP contribution in [0.15, 0.2) is 23.1 Å². The summed E-state index contributed by atoms with van der Waals surface area (Å²) in [5.74, 6) is -0.781. The lowest BCUT2D eigenvalue weighted by atomic mass is 9.90. The predicted octanol–water partition coefficient (Wildman–Crippen LogP) is 1.68. The number of aliphatic hydroxyl groups is 1. The molecule has 2 aliphatic rings. The highest BCUT2D eigenvalue weighted by Gasteiger charge is 2.43. The zero-order valence-electron chi connectivity index (χ0n) is 13.1. The molecule has 3 atom stereocenters. The van der Waals surface area contributed by atoms with Gasteiger partial charge in [0.25, 0.3) is 0 Å². The number of aliphatic hydroxyl groups excluding tert-OH is 1. The lowest BCUT2D eigenvalue weighted by Gasteiger charge is -2.36. The summed E-state index contributed by atoms with van der Waals surface area (Å²) in [6, 6.07) is 3.56. The summed E-state index contributed by atoms with van der Waals surface area (Å²) in [5.41, 5.74) is 0.570. The van der Waals surface area contributed by atoms with E-state index in [2.05, 4.69) is 0 Å². The summed E-state index contributed by atoms with van der Waals surface area (Å²) in [6.07, 6.45) is 1.40. The second-order valence-electron chi connectivity index (χ2n) is 6.38. The van der Waals surface area contributed by atoms with Gasteiger partial charge in [0.2, 0.25) is 10.0 Å². The van der Waals surface area contributed by atoms with Crippen molar-refractivity contribution in [1.29, 1.82) is 0 Å². The van der Waals surface area contributed by atoms with Crippen LogP contribution in [0.1, 0.15) is 24.8 Å². The Kier molecular flexibility index (Phi) is 4.73. The molecular weight excluding hydrogens is 321 g/mol. The second kappa shape index (κ2) is 6.47. The van der Waals surface area contributed by atoms with E-state index < -0.39 is 21.9 Å². The van der Waals surface area contributed by atoms with Crippen LogP contribution in [-0.4, -0.2) is 49.7 Å². The van der Waals surface area contributed by atoms with Crippen LogP contribution in [0, 0.1) is 18.7 Å². The van der Waals surface area contributed by atoms with Gasteiger partial charge in [-0.3, -0.25) is 0 Å². The van der Waals surface area contributed by atoms with E-state index >= 15 is 0 Å². The Morgan fingerprint density at radius 2 is 2.09 bits per heavy atom. The highest BCUT2D eigenvalue weighted by molar-refractivity contribution is 7.89.